The maximum absolute atomic E-state index is 2.53. The number of rotatable bonds is 4. The number of nitrogens with zero attached hydrogens (tertiary/aromatic N) is 4. The summed E-state index contributed by atoms with van der Waals surface area (Å²) in [4.78, 5) is 0. The fraction of sp³-hybridized carbons (Fsp3) is 0. The van der Waals surface area contributed by atoms with E-state index in [4.69, 9.17) is 0 Å². The van der Waals surface area contributed by atoms with Gasteiger partial charge in [-0.2, -0.15) is 0 Å². The van der Waals surface area contributed by atoms with Crippen molar-refractivity contribution in [3.05, 3.63) is 218 Å². The predicted molar refractivity (Wildman–Crippen MR) is 277 cm³/mol. The molecule has 4 nitrogen and oxygen atoms in total. The summed E-state index contributed by atoms with van der Waals surface area (Å²) < 4.78 is 12.4. The zero-order chi connectivity index (χ0) is 42.3. The molecule has 0 saturated carbocycles. The molecule has 0 unspecified atom stereocenters. The van der Waals surface area contributed by atoms with E-state index < -0.39 is 0 Å². The van der Waals surface area contributed by atoms with E-state index >= 15 is 0 Å². The van der Waals surface area contributed by atoms with Gasteiger partial charge in [0.15, 0.2) is 0 Å². The molecule has 0 atom stereocenters. The molecule has 0 aliphatic carbocycles. The lowest BCUT2D eigenvalue weighted by molar-refractivity contribution is 1.16. The Kier molecular flexibility index (Phi) is 7.07. The van der Waals surface area contributed by atoms with Crippen molar-refractivity contribution >= 4 is 119 Å². The molecule has 0 amide bonds. The maximum atomic E-state index is 2.53. The topological polar surface area (TPSA) is 19.7 Å². The van der Waals surface area contributed by atoms with Crippen LogP contribution in [0.3, 0.4) is 0 Å². The average Bonchev–Trinajstić information content (AvgIpc) is 4.17. The monoisotopic (exact) mass is 844 g/mol. The zero-order valence-corrected chi connectivity index (χ0v) is 35.8. The third-order valence-electron chi connectivity index (χ3n) is 14.0. The van der Waals surface area contributed by atoms with Crippen molar-refractivity contribution < 1.29 is 0 Å². The molecule has 0 aliphatic rings. The number of aromatic nitrogens is 4. The number of hydrogen-bond acceptors (Lipinski definition) is 1. The van der Waals surface area contributed by atoms with Crippen LogP contribution in [0.5, 0.6) is 0 Å². The second-order valence-corrected chi connectivity index (χ2v) is 18.3. The van der Waals surface area contributed by atoms with Crippen LogP contribution in [0.4, 0.5) is 0 Å². The largest absolute Gasteiger partial charge is 0.309 e. The van der Waals surface area contributed by atoms with Crippen molar-refractivity contribution in [1.82, 2.24) is 18.3 Å². The molecular formula is C60H36N4S. The van der Waals surface area contributed by atoms with E-state index in [1.807, 2.05) is 11.3 Å². The fourth-order valence-corrected chi connectivity index (χ4v) is 12.5. The molecule has 0 radical (unpaired) electrons. The summed E-state index contributed by atoms with van der Waals surface area (Å²) in [5.41, 5.74) is 14.3. The van der Waals surface area contributed by atoms with E-state index in [2.05, 4.69) is 237 Å². The molecule has 0 saturated heterocycles. The number of para-hydroxylation sites is 7. The normalized spacial score (nSPS) is 12.3. The summed E-state index contributed by atoms with van der Waals surface area (Å²) in [6.45, 7) is 0. The molecule has 0 spiro atoms. The Labute approximate surface area is 376 Å². The molecule has 5 heteroatoms. The highest BCUT2D eigenvalue weighted by atomic mass is 32.1. The van der Waals surface area contributed by atoms with Crippen molar-refractivity contribution in [1.29, 1.82) is 0 Å². The molecule has 0 bridgehead atoms. The Morgan fingerprint density at radius 2 is 0.569 bits per heavy atom. The molecule has 0 N–H and O–H groups in total. The maximum Gasteiger partial charge on any atom is 0.0642 e. The van der Waals surface area contributed by atoms with Crippen molar-refractivity contribution in [2.45, 2.75) is 0 Å². The number of thiophene rings is 1. The summed E-state index contributed by atoms with van der Waals surface area (Å²) in [7, 11) is 0. The third kappa shape index (κ3) is 4.74. The number of benzene rings is 10. The van der Waals surface area contributed by atoms with Crippen molar-refractivity contribution in [3.63, 3.8) is 0 Å². The van der Waals surface area contributed by atoms with Crippen LogP contribution in [0.25, 0.3) is 130 Å². The number of hydrogen-bond donors (Lipinski definition) is 0. The van der Waals surface area contributed by atoms with Gasteiger partial charge in [-0.05, 0) is 91.0 Å². The Hall–Kier alpha value is -8.38. The molecule has 10 aromatic carbocycles. The van der Waals surface area contributed by atoms with Gasteiger partial charge < -0.3 is 18.3 Å². The SMILES string of the molecule is c1ccc2c(c1)c1ccccc1n2-c1ccc2sc3c(-n4c5ccccc5c5ccccc54)ccc(-n4c5ccccc5c5cc(-n6c7ccccc7c7ccccc76)ccc54)c3c2c1. The number of fused-ring (bicyclic) bond motifs is 15. The molecular weight excluding hydrogens is 809 g/mol. The highest BCUT2D eigenvalue weighted by Crippen LogP contribution is 2.47. The molecule has 15 rings (SSSR count). The van der Waals surface area contributed by atoms with Crippen LogP contribution in [0.1, 0.15) is 0 Å². The van der Waals surface area contributed by atoms with Crippen LogP contribution >= 0.6 is 11.3 Å². The van der Waals surface area contributed by atoms with Crippen molar-refractivity contribution in [3.8, 4) is 22.7 Å². The van der Waals surface area contributed by atoms with E-state index in [9.17, 15) is 0 Å². The second-order valence-electron chi connectivity index (χ2n) is 17.3. The van der Waals surface area contributed by atoms with E-state index in [-0.39, 0.29) is 0 Å². The average molecular weight is 845 g/mol. The van der Waals surface area contributed by atoms with Crippen LogP contribution in [-0.2, 0) is 0 Å². The molecule has 65 heavy (non-hydrogen) atoms. The van der Waals surface area contributed by atoms with Gasteiger partial charge in [-0.25, -0.2) is 0 Å². The van der Waals surface area contributed by atoms with Gasteiger partial charge in [-0.3, -0.25) is 0 Å². The van der Waals surface area contributed by atoms with Gasteiger partial charge in [0, 0.05) is 69.9 Å². The summed E-state index contributed by atoms with van der Waals surface area (Å²) in [6.07, 6.45) is 0. The summed E-state index contributed by atoms with van der Waals surface area (Å²) in [6, 6.07) is 80.7. The minimum atomic E-state index is 1.15. The van der Waals surface area contributed by atoms with Crippen LogP contribution in [0, 0.1) is 0 Å². The first kappa shape index (κ1) is 35.1. The lowest BCUT2D eigenvalue weighted by Gasteiger charge is -2.15. The highest BCUT2D eigenvalue weighted by molar-refractivity contribution is 7.26. The Morgan fingerprint density at radius 3 is 1.02 bits per heavy atom. The van der Waals surface area contributed by atoms with E-state index in [0.29, 0.717) is 0 Å². The van der Waals surface area contributed by atoms with Gasteiger partial charge in [0.2, 0.25) is 0 Å². The lowest BCUT2D eigenvalue weighted by Crippen LogP contribution is -1.99. The Morgan fingerprint density at radius 1 is 0.246 bits per heavy atom. The lowest BCUT2D eigenvalue weighted by atomic mass is 10.1. The highest BCUT2D eigenvalue weighted by Gasteiger charge is 2.23. The Bertz CT molecular complexity index is 4330. The molecule has 0 aliphatic heterocycles. The predicted octanol–water partition coefficient (Wildman–Crippen LogP) is 16.4. The van der Waals surface area contributed by atoms with Crippen molar-refractivity contribution in [2.75, 3.05) is 0 Å². The van der Waals surface area contributed by atoms with Crippen molar-refractivity contribution in [2.24, 2.45) is 0 Å². The van der Waals surface area contributed by atoms with E-state index in [1.165, 1.54) is 119 Å². The first-order valence-corrected chi connectivity index (χ1v) is 23.1. The molecule has 5 heterocycles. The van der Waals surface area contributed by atoms with Gasteiger partial charge in [0.1, 0.15) is 0 Å². The van der Waals surface area contributed by atoms with E-state index in [0.717, 1.165) is 11.4 Å². The molecule has 5 aromatic heterocycles. The van der Waals surface area contributed by atoms with Crippen LogP contribution in [0.2, 0.25) is 0 Å². The standard InChI is InChI=1S/C60H36N4S/c1-8-22-48-39(15-1)40-16-2-9-23-49(40)61(48)37-29-31-55-46(35-37)45-21-7-14-28-54(45)63(55)56-32-33-57(64-52-26-12-5-19-43(52)44-20-6-13-27-53(44)64)60-59(56)47-36-38(30-34-58(47)65-60)62-50-24-10-3-17-41(50)42-18-4-11-25-51(42)62/h1-36H. The minimum Gasteiger partial charge on any atom is -0.309 e. The van der Waals surface area contributed by atoms with Gasteiger partial charge in [0.25, 0.3) is 0 Å². The van der Waals surface area contributed by atoms with Crippen LogP contribution < -0.4 is 0 Å². The summed E-state index contributed by atoms with van der Waals surface area (Å²) in [5.74, 6) is 0. The zero-order valence-electron chi connectivity index (χ0n) is 35.0. The first-order chi connectivity index (χ1) is 32.3. The van der Waals surface area contributed by atoms with Crippen LogP contribution in [0.15, 0.2) is 218 Å². The third-order valence-corrected chi connectivity index (χ3v) is 15.1. The summed E-state index contributed by atoms with van der Waals surface area (Å²) in [5, 5.41) is 12.5. The quantitative estimate of drug-likeness (QED) is 0.168. The van der Waals surface area contributed by atoms with Gasteiger partial charge in [0.05, 0.1) is 60.2 Å². The summed E-state index contributed by atoms with van der Waals surface area (Å²) >= 11 is 1.90. The molecule has 0 fully saturated rings. The van der Waals surface area contributed by atoms with Crippen LogP contribution in [-0.4, -0.2) is 18.3 Å². The second kappa shape index (κ2) is 13.1. The first-order valence-electron chi connectivity index (χ1n) is 22.3. The molecule has 302 valence electrons. The smallest absolute Gasteiger partial charge is 0.0642 e. The molecule has 15 aromatic rings. The van der Waals surface area contributed by atoms with Gasteiger partial charge in [-0.1, -0.05) is 127 Å². The van der Waals surface area contributed by atoms with Gasteiger partial charge >= 0.3 is 0 Å². The minimum absolute atomic E-state index is 1.15. The Balaban J connectivity index is 1.05. The van der Waals surface area contributed by atoms with Gasteiger partial charge in [-0.15, -0.1) is 11.3 Å². The fourth-order valence-electron chi connectivity index (χ4n) is 11.3. The van der Waals surface area contributed by atoms with E-state index in [1.54, 1.807) is 0 Å².